The molecule has 1 heterocycles. The van der Waals surface area contributed by atoms with E-state index in [1.807, 2.05) is 47.5 Å². The largest absolute Gasteiger partial charge is 0.394 e. The molecule has 3 rings (SSSR count). The van der Waals surface area contributed by atoms with E-state index in [9.17, 15) is 5.11 Å². The molecule has 2 aromatic rings. The molecule has 1 aliphatic heterocycles. The fourth-order valence-electron chi connectivity index (χ4n) is 2.37. The number of nitrogens with zero attached hydrogens (tertiary/aromatic N) is 2. The van der Waals surface area contributed by atoms with Crippen LogP contribution in [0.1, 0.15) is 12.0 Å². The van der Waals surface area contributed by atoms with Crippen LogP contribution in [0, 0.1) is 0 Å². The van der Waals surface area contributed by atoms with Crippen LogP contribution in [0.25, 0.3) is 0 Å². The van der Waals surface area contributed by atoms with E-state index in [-0.39, 0.29) is 12.6 Å². The fraction of sp³-hybridized carbons (Fsp3) is 0.188. The summed E-state index contributed by atoms with van der Waals surface area (Å²) in [4.78, 5) is 0. The van der Waals surface area contributed by atoms with Gasteiger partial charge in [-0.25, -0.2) is 0 Å². The highest BCUT2D eigenvalue weighted by Crippen LogP contribution is 2.27. The van der Waals surface area contributed by atoms with Crippen LogP contribution in [-0.2, 0) is 0 Å². The second-order valence-electron chi connectivity index (χ2n) is 4.77. The lowest BCUT2D eigenvalue weighted by molar-refractivity contribution is 0.266. The molecule has 0 amide bonds. The third-order valence-electron chi connectivity index (χ3n) is 3.41. The summed E-state index contributed by atoms with van der Waals surface area (Å²) in [6, 6.07) is 18.1. The van der Waals surface area contributed by atoms with Crippen molar-refractivity contribution in [1.82, 2.24) is 0 Å². The van der Waals surface area contributed by atoms with Gasteiger partial charge in [-0.2, -0.15) is 5.10 Å². The average Bonchev–Trinajstić information content (AvgIpc) is 2.93. The molecule has 4 heteroatoms. The molecule has 1 N–H and O–H groups in total. The van der Waals surface area contributed by atoms with Crippen LogP contribution < -0.4 is 5.01 Å². The highest BCUT2D eigenvalue weighted by molar-refractivity contribution is 9.10. The Labute approximate surface area is 126 Å². The number of hydrogen-bond donors (Lipinski definition) is 1. The summed E-state index contributed by atoms with van der Waals surface area (Å²) in [6.07, 6.45) is 0.760. The summed E-state index contributed by atoms with van der Waals surface area (Å²) in [5.41, 5.74) is 3.14. The monoisotopic (exact) mass is 330 g/mol. The van der Waals surface area contributed by atoms with Crippen molar-refractivity contribution in [2.24, 2.45) is 5.10 Å². The molecule has 3 nitrogen and oxygen atoms in total. The Morgan fingerprint density at radius 2 is 1.80 bits per heavy atom. The van der Waals surface area contributed by atoms with Gasteiger partial charge in [-0.1, -0.05) is 46.3 Å². The Hall–Kier alpha value is -1.65. The van der Waals surface area contributed by atoms with Gasteiger partial charge in [0.15, 0.2) is 0 Å². The standard InChI is InChI=1S/C16H15BrN2O/c17-13-6-8-14(9-7-13)19-15(11-20)10-16(18-19)12-4-2-1-3-5-12/h1-9,15,20H,10-11H2/t15-/m1/s1. The molecular weight excluding hydrogens is 316 g/mol. The first kappa shape index (κ1) is 13.3. The maximum atomic E-state index is 9.59. The Morgan fingerprint density at radius 1 is 1.10 bits per heavy atom. The first-order valence-electron chi connectivity index (χ1n) is 6.56. The second-order valence-corrected chi connectivity index (χ2v) is 5.69. The minimum atomic E-state index is 0.00591. The molecule has 0 radical (unpaired) electrons. The van der Waals surface area contributed by atoms with Crippen LogP contribution in [0.15, 0.2) is 64.2 Å². The minimum absolute atomic E-state index is 0.00591. The zero-order chi connectivity index (χ0) is 13.9. The summed E-state index contributed by atoms with van der Waals surface area (Å²) < 4.78 is 1.04. The van der Waals surface area contributed by atoms with Crippen molar-refractivity contribution in [1.29, 1.82) is 0 Å². The third kappa shape index (κ3) is 2.62. The molecule has 0 bridgehead atoms. The van der Waals surface area contributed by atoms with Crippen LogP contribution in [-0.4, -0.2) is 23.5 Å². The highest BCUT2D eigenvalue weighted by Gasteiger charge is 2.27. The van der Waals surface area contributed by atoms with Crippen molar-refractivity contribution in [3.63, 3.8) is 0 Å². The van der Waals surface area contributed by atoms with E-state index in [1.54, 1.807) is 0 Å². The van der Waals surface area contributed by atoms with Gasteiger partial charge < -0.3 is 5.11 Å². The maximum Gasteiger partial charge on any atom is 0.0813 e. The fourth-order valence-corrected chi connectivity index (χ4v) is 2.64. The summed E-state index contributed by atoms with van der Waals surface area (Å²) >= 11 is 3.43. The Balaban J connectivity index is 1.93. The number of anilines is 1. The predicted octanol–water partition coefficient (Wildman–Crippen LogP) is 3.42. The van der Waals surface area contributed by atoms with Crippen molar-refractivity contribution in [3.8, 4) is 0 Å². The van der Waals surface area contributed by atoms with Crippen LogP contribution in [0.2, 0.25) is 0 Å². The number of aliphatic hydroxyl groups excluding tert-OH is 1. The summed E-state index contributed by atoms with van der Waals surface area (Å²) in [5.74, 6) is 0. The molecule has 0 saturated heterocycles. The minimum Gasteiger partial charge on any atom is -0.394 e. The first-order chi connectivity index (χ1) is 9.78. The van der Waals surface area contributed by atoms with Crippen molar-refractivity contribution < 1.29 is 5.11 Å². The molecule has 1 aliphatic rings. The van der Waals surface area contributed by atoms with E-state index < -0.39 is 0 Å². The molecule has 0 saturated carbocycles. The number of halogens is 1. The van der Waals surface area contributed by atoms with Gasteiger partial charge in [0.05, 0.1) is 24.0 Å². The zero-order valence-corrected chi connectivity index (χ0v) is 12.5. The Kier molecular flexibility index (Phi) is 3.85. The Morgan fingerprint density at radius 3 is 2.45 bits per heavy atom. The molecule has 102 valence electrons. The summed E-state index contributed by atoms with van der Waals surface area (Å²) in [5, 5.41) is 16.2. The molecule has 0 spiro atoms. The molecule has 0 aliphatic carbocycles. The van der Waals surface area contributed by atoms with Gasteiger partial charge in [0.1, 0.15) is 0 Å². The van der Waals surface area contributed by atoms with Crippen molar-refractivity contribution in [3.05, 3.63) is 64.6 Å². The van der Waals surface area contributed by atoms with E-state index in [1.165, 1.54) is 0 Å². The van der Waals surface area contributed by atoms with Crippen molar-refractivity contribution in [2.75, 3.05) is 11.6 Å². The SMILES string of the molecule is OC[C@H]1CC(c2ccccc2)=NN1c1ccc(Br)cc1. The predicted molar refractivity (Wildman–Crippen MR) is 85.1 cm³/mol. The number of aliphatic hydroxyl groups is 1. The number of hydrogen-bond acceptors (Lipinski definition) is 3. The van der Waals surface area contributed by atoms with E-state index >= 15 is 0 Å². The normalized spacial score (nSPS) is 18.2. The van der Waals surface area contributed by atoms with Crippen LogP contribution in [0.5, 0.6) is 0 Å². The van der Waals surface area contributed by atoms with Gasteiger partial charge in [0, 0.05) is 10.9 Å². The van der Waals surface area contributed by atoms with E-state index in [0.717, 1.165) is 27.9 Å². The number of rotatable bonds is 3. The lowest BCUT2D eigenvalue weighted by atomic mass is 10.0. The van der Waals surface area contributed by atoms with Gasteiger partial charge in [-0.3, -0.25) is 5.01 Å². The topological polar surface area (TPSA) is 35.8 Å². The van der Waals surface area contributed by atoms with Crippen LogP contribution >= 0.6 is 15.9 Å². The van der Waals surface area contributed by atoms with E-state index in [4.69, 9.17) is 0 Å². The molecule has 2 aromatic carbocycles. The second kappa shape index (κ2) is 5.77. The zero-order valence-electron chi connectivity index (χ0n) is 10.9. The van der Waals surface area contributed by atoms with E-state index in [0.29, 0.717) is 0 Å². The molecular formula is C16H15BrN2O. The van der Waals surface area contributed by atoms with Crippen LogP contribution in [0.4, 0.5) is 5.69 Å². The van der Waals surface area contributed by atoms with Gasteiger partial charge >= 0.3 is 0 Å². The quantitative estimate of drug-likeness (QED) is 0.935. The smallest absolute Gasteiger partial charge is 0.0813 e. The third-order valence-corrected chi connectivity index (χ3v) is 3.94. The average molecular weight is 331 g/mol. The molecule has 20 heavy (non-hydrogen) atoms. The summed E-state index contributed by atoms with van der Waals surface area (Å²) in [7, 11) is 0. The van der Waals surface area contributed by atoms with Gasteiger partial charge in [-0.15, -0.1) is 0 Å². The molecule has 0 aromatic heterocycles. The van der Waals surface area contributed by atoms with Gasteiger partial charge in [0.2, 0.25) is 0 Å². The summed E-state index contributed by atoms with van der Waals surface area (Å²) in [6.45, 7) is 0.0932. The van der Waals surface area contributed by atoms with Gasteiger partial charge in [0.25, 0.3) is 0 Å². The van der Waals surface area contributed by atoms with Gasteiger partial charge in [-0.05, 0) is 29.8 Å². The number of benzene rings is 2. The van der Waals surface area contributed by atoms with Crippen LogP contribution in [0.3, 0.4) is 0 Å². The highest BCUT2D eigenvalue weighted by atomic mass is 79.9. The first-order valence-corrected chi connectivity index (χ1v) is 7.36. The Bertz CT molecular complexity index is 610. The number of hydrazone groups is 1. The molecule has 0 fully saturated rings. The molecule has 1 atom stereocenters. The maximum absolute atomic E-state index is 9.59. The molecule has 0 unspecified atom stereocenters. The van der Waals surface area contributed by atoms with Crippen molar-refractivity contribution >= 4 is 27.3 Å². The van der Waals surface area contributed by atoms with Crippen molar-refractivity contribution in [2.45, 2.75) is 12.5 Å². The lowest BCUT2D eigenvalue weighted by Gasteiger charge is -2.21. The van der Waals surface area contributed by atoms with E-state index in [2.05, 4.69) is 33.2 Å². The lowest BCUT2D eigenvalue weighted by Crippen LogP contribution is -2.29.